The van der Waals surface area contributed by atoms with Gasteiger partial charge in [-0.25, -0.2) is 9.36 Å². The number of benzene rings is 1. The smallest absolute Gasteiger partial charge is 0.333 e. The molecule has 0 radical (unpaired) electrons. The highest BCUT2D eigenvalue weighted by molar-refractivity contribution is 7.18. The van der Waals surface area contributed by atoms with Gasteiger partial charge in [-0.3, -0.25) is 9.36 Å². The Bertz CT molecular complexity index is 1240. The van der Waals surface area contributed by atoms with Crippen molar-refractivity contribution in [3.63, 3.8) is 0 Å². The van der Waals surface area contributed by atoms with Gasteiger partial charge in [-0.2, -0.15) is 0 Å². The van der Waals surface area contributed by atoms with Crippen LogP contribution in [0.25, 0.3) is 15.9 Å². The van der Waals surface area contributed by atoms with Crippen molar-refractivity contribution in [2.75, 3.05) is 33.2 Å². The molecule has 31 heavy (non-hydrogen) atoms. The van der Waals surface area contributed by atoms with Gasteiger partial charge in [0.2, 0.25) is 0 Å². The second kappa shape index (κ2) is 8.54. The molecule has 0 bridgehead atoms. The first-order chi connectivity index (χ1) is 15.0. The Labute approximate surface area is 190 Å². The lowest BCUT2D eigenvalue weighted by atomic mass is 10.1. The van der Waals surface area contributed by atoms with Crippen molar-refractivity contribution in [1.29, 1.82) is 0 Å². The summed E-state index contributed by atoms with van der Waals surface area (Å²) in [6.45, 7) is 5.80. The highest BCUT2D eigenvalue weighted by atomic mass is 35.5. The highest BCUT2D eigenvalue weighted by Crippen LogP contribution is 2.30. The summed E-state index contributed by atoms with van der Waals surface area (Å²) in [5.74, 6) is 0. The second-order valence-electron chi connectivity index (χ2n) is 8.93. The number of aromatic nitrogens is 2. The van der Waals surface area contributed by atoms with Crippen LogP contribution in [0.4, 0.5) is 0 Å². The summed E-state index contributed by atoms with van der Waals surface area (Å²) >= 11 is 7.85. The Balaban J connectivity index is 1.69. The van der Waals surface area contributed by atoms with E-state index in [1.165, 1.54) is 46.7 Å². The van der Waals surface area contributed by atoms with E-state index in [1.807, 2.05) is 4.57 Å². The number of fused-ring (bicyclic) bond motifs is 3. The molecule has 3 aromatic rings. The highest BCUT2D eigenvalue weighted by Gasteiger charge is 2.27. The molecule has 1 atom stereocenters. The molecule has 2 aromatic heterocycles. The number of nitrogens with zero attached hydrogens (tertiary/aromatic N) is 2. The maximum atomic E-state index is 13.6. The van der Waals surface area contributed by atoms with Crippen LogP contribution in [-0.2, 0) is 19.5 Å². The minimum atomic E-state index is -0.254. The number of likely N-dealkylation sites (tertiary alicyclic amines) is 1. The maximum Gasteiger partial charge on any atom is 0.336 e. The molecule has 164 valence electrons. The van der Waals surface area contributed by atoms with Crippen molar-refractivity contribution in [3.05, 3.63) is 60.6 Å². The first-order valence-corrected chi connectivity index (χ1v) is 12.4. The summed E-state index contributed by atoms with van der Waals surface area (Å²) in [4.78, 5) is 32.4. The van der Waals surface area contributed by atoms with E-state index in [0.29, 0.717) is 17.3 Å². The molecule has 2 aliphatic heterocycles. The third kappa shape index (κ3) is 3.89. The van der Waals surface area contributed by atoms with E-state index < -0.39 is 0 Å². The van der Waals surface area contributed by atoms with E-state index in [1.54, 1.807) is 40.5 Å². The van der Waals surface area contributed by atoms with Gasteiger partial charge in [-0.05, 0) is 43.0 Å². The number of hydrogen-bond donors (Lipinski definition) is 2. The monoisotopic (exact) mass is 460 g/mol. The molecule has 0 saturated carbocycles. The molecule has 0 spiro atoms. The summed E-state index contributed by atoms with van der Waals surface area (Å²) in [5.41, 5.74) is 1.23. The lowest BCUT2D eigenvalue weighted by Gasteiger charge is -2.24. The second-order valence-corrected chi connectivity index (χ2v) is 10.5. The topological polar surface area (TPSA) is 52.9 Å². The van der Waals surface area contributed by atoms with Gasteiger partial charge >= 0.3 is 5.69 Å². The van der Waals surface area contributed by atoms with Gasteiger partial charge in [0.25, 0.3) is 5.56 Å². The number of nitrogens with one attached hydrogen (secondary N) is 2. The fourth-order valence-corrected chi connectivity index (χ4v) is 6.69. The van der Waals surface area contributed by atoms with E-state index in [9.17, 15) is 9.59 Å². The SMILES string of the molecule is C[NH+]1CCc2c(sc3c2c(=O)n(-c2cccc(Cl)c2)c(=O)n3CC[NH+]2CCCCC2)C1. The fraction of sp³-hybridized carbons (Fsp3) is 0.478. The average Bonchev–Trinajstić information content (AvgIpc) is 3.13. The predicted octanol–water partition coefficient (Wildman–Crippen LogP) is 0.507. The predicted molar refractivity (Wildman–Crippen MR) is 125 cm³/mol. The molecule has 1 saturated heterocycles. The molecule has 5 rings (SSSR count). The molecule has 1 unspecified atom stereocenters. The summed E-state index contributed by atoms with van der Waals surface area (Å²) in [7, 11) is 2.18. The number of likely N-dealkylation sites (N-methyl/N-ethyl adjacent to an activating group) is 1. The number of piperidine rings is 1. The van der Waals surface area contributed by atoms with Crippen molar-refractivity contribution >= 4 is 33.2 Å². The molecule has 2 N–H and O–H groups in total. The van der Waals surface area contributed by atoms with Crippen LogP contribution in [0.3, 0.4) is 0 Å². The summed E-state index contributed by atoms with van der Waals surface area (Å²) in [5, 5.41) is 1.26. The number of rotatable bonds is 4. The minimum absolute atomic E-state index is 0.208. The Morgan fingerprint density at radius 2 is 1.94 bits per heavy atom. The Morgan fingerprint density at radius 3 is 2.71 bits per heavy atom. The normalized spacial score (nSPS) is 19.6. The van der Waals surface area contributed by atoms with Crippen LogP contribution in [0.15, 0.2) is 33.9 Å². The molecular weight excluding hydrogens is 432 g/mol. The van der Waals surface area contributed by atoms with Crippen LogP contribution in [0.5, 0.6) is 0 Å². The molecule has 4 heterocycles. The number of quaternary nitrogens is 2. The minimum Gasteiger partial charge on any atom is -0.333 e. The first-order valence-electron chi connectivity index (χ1n) is 11.2. The van der Waals surface area contributed by atoms with E-state index in [-0.39, 0.29) is 11.2 Å². The van der Waals surface area contributed by atoms with Crippen molar-refractivity contribution < 1.29 is 9.80 Å². The van der Waals surface area contributed by atoms with Crippen LogP contribution in [0.1, 0.15) is 29.7 Å². The van der Waals surface area contributed by atoms with Crippen LogP contribution in [0, 0.1) is 0 Å². The number of thiophene rings is 1. The van der Waals surface area contributed by atoms with Crippen molar-refractivity contribution in [1.82, 2.24) is 9.13 Å². The molecule has 6 nitrogen and oxygen atoms in total. The van der Waals surface area contributed by atoms with Crippen molar-refractivity contribution in [2.45, 2.75) is 38.8 Å². The largest absolute Gasteiger partial charge is 0.336 e. The van der Waals surface area contributed by atoms with Gasteiger partial charge in [-0.1, -0.05) is 17.7 Å². The summed E-state index contributed by atoms with van der Waals surface area (Å²) in [6.07, 6.45) is 4.69. The van der Waals surface area contributed by atoms with Gasteiger partial charge in [0.1, 0.15) is 11.4 Å². The van der Waals surface area contributed by atoms with Crippen molar-refractivity contribution in [2.24, 2.45) is 0 Å². The van der Waals surface area contributed by atoms with Gasteiger partial charge in [0, 0.05) is 11.4 Å². The maximum absolute atomic E-state index is 13.6. The number of halogens is 1. The fourth-order valence-electron chi connectivity index (χ4n) is 5.03. The Hall–Kier alpha value is -1.93. The van der Waals surface area contributed by atoms with E-state index in [4.69, 9.17) is 11.6 Å². The average molecular weight is 461 g/mol. The summed E-state index contributed by atoms with van der Waals surface area (Å²) < 4.78 is 3.19. The molecule has 0 aliphatic carbocycles. The van der Waals surface area contributed by atoms with Crippen LogP contribution in [-0.4, -0.2) is 42.4 Å². The zero-order valence-corrected chi connectivity index (χ0v) is 19.5. The Kier molecular flexibility index (Phi) is 5.77. The van der Waals surface area contributed by atoms with Gasteiger partial charge in [0.15, 0.2) is 0 Å². The number of hydrogen-bond acceptors (Lipinski definition) is 3. The molecular formula is C23H29ClN4O2S+2. The summed E-state index contributed by atoms with van der Waals surface area (Å²) in [6, 6.07) is 7.04. The van der Waals surface area contributed by atoms with Gasteiger partial charge < -0.3 is 9.80 Å². The van der Waals surface area contributed by atoms with Crippen LogP contribution >= 0.6 is 22.9 Å². The molecule has 1 fully saturated rings. The van der Waals surface area contributed by atoms with E-state index in [0.717, 1.165) is 41.8 Å². The third-order valence-electron chi connectivity index (χ3n) is 6.74. The standard InChI is InChI=1S/C23H27ClN4O2S/c1-25-11-8-18-19(15-25)31-22-20(18)21(29)28(17-7-5-6-16(24)14-17)23(30)27(22)13-12-26-9-3-2-4-10-26/h5-7,14H,2-4,8-13,15H2,1H3/p+2. The quantitative estimate of drug-likeness (QED) is 0.596. The molecule has 0 amide bonds. The van der Waals surface area contributed by atoms with Crippen LogP contribution < -0.4 is 21.0 Å². The van der Waals surface area contributed by atoms with Gasteiger partial charge in [-0.15, -0.1) is 11.3 Å². The molecule has 2 aliphatic rings. The molecule has 8 heteroatoms. The molecule has 1 aromatic carbocycles. The lowest BCUT2D eigenvalue weighted by Crippen LogP contribution is -3.13. The zero-order chi connectivity index (χ0) is 21.5. The van der Waals surface area contributed by atoms with Crippen LogP contribution in [0.2, 0.25) is 5.02 Å². The Morgan fingerprint density at radius 1 is 1.13 bits per heavy atom. The van der Waals surface area contributed by atoms with E-state index >= 15 is 0 Å². The van der Waals surface area contributed by atoms with Crippen molar-refractivity contribution in [3.8, 4) is 5.69 Å². The van der Waals surface area contributed by atoms with E-state index in [2.05, 4.69) is 7.05 Å². The lowest BCUT2D eigenvalue weighted by molar-refractivity contribution is -0.905. The first kappa shape index (κ1) is 20.9. The van der Waals surface area contributed by atoms with Gasteiger partial charge in [0.05, 0.1) is 55.7 Å². The zero-order valence-electron chi connectivity index (χ0n) is 17.9. The third-order valence-corrected chi connectivity index (χ3v) is 8.23.